The van der Waals surface area contributed by atoms with Crippen molar-refractivity contribution in [3.05, 3.63) is 0 Å². The summed E-state index contributed by atoms with van der Waals surface area (Å²) in [6, 6.07) is 0. The van der Waals surface area contributed by atoms with Gasteiger partial charge >= 0.3 is 0 Å². The number of hydrogen-bond donors (Lipinski definition) is 1. The summed E-state index contributed by atoms with van der Waals surface area (Å²) >= 11 is 0. The summed E-state index contributed by atoms with van der Waals surface area (Å²) in [5.41, 5.74) is 0. The van der Waals surface area contributed by atoms with E-state index in [2.05, 4.69) is 27.7 Å². The first-order valence-corrected chi connectivity index (χ1v) is 9.76. The largest absolute Gasteiger partial charge is 0.393 e. The third-order valence-corrected chi connectivity index (χ3v) is 5.80. The van der Waals surface area contributed by atoms with Gasteiger partial charge in [0.05, 0.1) is 6.10 Å². The van der Waals surface area contributed by atoms with E-state index in [4.69, 9.17) is 0 Å². The van der Waals surface area contributed by atoms with Crippen LogP contribution in [0.25, 0.3) is 0 Å². The molecule has 0 heterocycles. The van der Waals surface area contributed by atoms with E-state index in [0.29, 0.717) is 5.92 Å². The maximum Gasteiger partial charge on any atom is 0.0563 e. The predicted molar refractivity (Wildman–Crippen MR) is 93.4 cm³/mol. The van der Waals surface area contributed by atoms with Crippen molar-refractivity contribution in [2.45, 2.75) is 104 Å². The number of aliphatic hydroxyl groups excluding tert-OH is 1. The van der Waals surface area contributed by atoms with Crippen molar-refractivity contribution in [1.29, 1.82) is 0 Å². The Bertz CT molecular complexity index is 250. The summed E-state index contributed by atoms with van der Waals surface area (Å²) in [4.78, 5) is 0. The molecule has 1 saturated carbocycles. The van der Waals surface area contributed by atoms with E-state index in [9.17, 15) is 5.11 Å². The lowest BCUT2D eigenvalue weighted by molar-refractivity contribution is 0.0834. The van der Waals surface area contributed by atoms with Gasteiger partial charge in [-0.15, -0.1) is 0 Å². The predicted octanol–water partition coefficient (Wildman–Crippen LogP) is 6.20. The maximum absolute atomic E-state index is 10.1. The molecule has 0 amide bonds. The first kappa shape index (κ1) is 19.0. The van der Waals surface area contributed by atoms with Gasteiger partial charge in [-0.25, -0.2) is 0 Å². The lowest BCUT2D eigenvalue weighted by Gasteiger charge is -2.32. The number of aliphatic hydroxyl groups is 1. The molecule has 1 rings (SSSR count). The zero-order valence-corrected chi connectivity index (χ0v) is 15.1. The third kappa shape index (κ3) is 7.17. The van der Waals surface area contributed by atoms with E-state index in [0.717, 1.165) is 24.2 Å². The topological polar surface area (TPSA) is 20.2 Å². The zero-order chi connectivity index (χ0) is 15.7. The van der Waals surface area contributed by atoms with Crippen LogP contribution in [0.1, 0.15) is 98.3 Å². The second-order valence-corrected chi connectivity index (χ2v) is 7.83. The molecule has 0 aliphatic heterocycles. The summed E-state index contributed by atoms with van der Waals surface area (Å²) in [6.07, 6.45) is 14.8. The Balaban J connectivity index is 2.65. The molecule has 5 atom stereocenters. The Morgan fingerprint density at radius 1 is 1.05 bits per heavy atom. The molecular weight excluding hydrogens is 256 g/mol. The van der Waals surface area contributed by atoms with Gasteiger partial charge in [0.15, 0.2) is 0 Å². The van der Waals surface area contributed by atoms with Crippen LogP contribution in [0.2, 0.25) is 0 Å². The van der Waals surface area contributed by atoms with E-state index in [1.165, 1.54) is 64.2 Å². The molecule has 21 heavy (non-hydrogen) atoms. The summed E-state index contributed by atoms with van der Waals surface area (Å²) in [7, 11) is 0. The van der Waals surface area contributed by atoms with Crippen LogP contribution in [0.5, 0.6) is 0 Å². The lowest BCUT2D eigenvalue weighted by Crippen LogP contribution is -2.25. The molecule has 0 saturated heterocycles. The average molecular weight is 297 g/mol. The third-order valence-electron chi connectivity index (χ3n) is 5.80. The van der Waals surface area contributed by atoms with Gasteiger partial charge in [0.25, 0.3) is 0 Å². The molecule has 126 valence electrons. The molecule has 1 N–H and O–H groups in total. The number of hydrogen-bond acceptors (Lipinski definition) is 1. The summed E-state index contributed by atoms with van der Waals surface area (Å²) in [5, 5.41) is 10.1. The monoisotopic (exact) mass is 296 g/mol. The minimum Gasteiger partial charge on any atom is -0.393 e. The molecule has 1 aliphatic carbocycles. The van der Waals surface area contributed by atoms with Crippen LogP contribution in [0.3, 0.4) is 0 Å². The summed E-state index contributed by atoms with van der Waals surface area (Å²) in [5.74, 6) is 3.12. The van der Waals surface area contributed by atoms with Crippen molar-refractivity contribution in [2.75, 3.05) is 0 Å². The standard InChI is InChI=1S/C20H40O/c1-5-11-18(15-17(4)20(21)6-2)19-13-10-8-7-9-12-16(3)14-19/h16-21H,5-15H2,1-4H3. The Labute approximate surface area is 133 Å². The van der Waals surface area contributed by atoms with Gasteiger partial charge in [-0.05, 0) is 42.9 Å². The minimum absolute atomic E-state index is 0.0990. The fourth-order valence-electron chi connectivity index (χ4n) is 4.39. The molecular formula is C20H40O. The van der Waals surface area contributed by atoms with Crippen molar-refractivity contribution in [3.8, 4) is 0 Å². The highest BCUT2D eigenvalue weighted by Crippen LogP contribution is 2.36. The maximum atomic E-state index is 10.1. The number of rotatable bonds is 7. The van der Waals surface area contributed by atoms with Gasteiger partial charge in [-0.2, -0.15) is 0 Å². The van der Waals surface area contributed by atoms with Gasteiger partial charge in [0, 0.05) is 0 Å². The highest BCUT2D eigenvalue weighted by molar-refractivity contribution is 4.77. The van der Waals surface area contributed by atoms with Crippen LogP contribution >= 0.6 is 0 Å². The van der Waals surface area contributed by atoms with Crippen molar-refractivity contribution in [2.24, 2.45) is 23.7 Å². The van der Waals surface area contributed by atoms with Gasteiger partial charge < -0.3 is 5.11 Å². The van der Waals surface area contributed by atoms with Crippen LogP contribution in [0.15, 0.2) is 0 Å². The Morgan fingerprint density at radius 3 is 2.33 bits per heavy atom. The Kier molecular flexibility index (Phi) is 9.64. The zero-order valence-electron chi connectivity index (χ0n) is 15.1. The first-order valence-electron chi connectivity index (χ1n) is 9.76. The molecule has 0 aromatic rings. The summed E-state index contributed by atoms with van der Waals surface area (Å²) in [6.45, 7) is 9.16. The van der Waals surface area contributed by atoms with Crippen molar-refractivity contribution in [1.82, 2.24) is 0 Å². The molecule has 1 fully saturated rings. The van der Waals surface area contributed by atoms with E-state index >= 15 is 0 Å². The minimum atomic E-state index is -0.0990. The van der Waals surface area contributed by atoms with Gasteiger partial charge in [-0.3, -0.25) is 0 Å². The fraction of sp³-hybridized carbons (Fsp3) is 1.00. The van der Waals surface area contributed by atoms with Crippen LogP contribution in [-0.2, 0) is 0 Å². The normalized spacial score (nSPS) is 29.0. The van der Waals surface area contributed by atoms with E-state index in [1.807, 2.05) is 0 Å². The molecule has 1 heteroatoms. The van der Waals surface area contributed by atoms with E-state index in [1.54, 1.807) is 0 Å². The fourth-order valence-corrected chi connectivity index (χ4v) is 4.39. The second-order valence-electron chi connectivity index (χ2n) is 7.83. The Hall–Kier alpha value is -0.0400. The van der Waals surface area contributed by atoms with Gasteiger partial charge in [-0.1, -0.05) is 79.1 Å². The van der Waals surface area contributed by atoms with Crippen LogP contribution in [-0.4, -0.2) is 11.2 Å². The average Bonchev–Trinajstić information content (AvgIpc) is 2.57. The molecule has 1 nitrogen and oxygen atoms in total. The molecule has 0 aromatic heterocycles. The molecule has 1 aliphatic rings. The Morgan fingerprint density at radius 2 is 1.71 bits per heavy atom. The molecule has 0 bridgehead atoms. The molecule has 0 spiro atoms. The molecule has 0 radical (unpaired) electrons. The van der Waals surface area contributed by atoms with Crippen molar-refractivity contribution >= 4 is 0 Å². The van der Waals surface area contributed by atoms with Gasteiger partial charge in [0.1, 0.15) is 0 Å². The second kappa shape index (κ2) is 10.6. The van der Waals surface area contributed by atoms with Crippen LogP contribution in [0, 0.1) is 23.7 Å². The quantitative estimate of drug-likeness (QED) is 0.593. The molecule has 5 unspecified atom stereocenters. The van der Waals surface area contributed by atoms with Crippen LogP contribution < -0.4 is 0 Å². The highest BCUT2D eigenvalue weighted by Gasteiger charge is 2.26. The first-order chi connectivity index (χ1) is 10.1. The van der Waals surface area contributed by atoms with Crippen LogP contribution in [0.4, 0.5) is 0 Å². The highest BCUT2D eigenvalue weighted by atomic mass is 16.3. The van der Waals surface area contributed by atoms with Crippen molar-refractivity contribution < 1.29 is 5.11 Å². The lowest BCUT2D eigenvalue weighted by atomic mass is 9.74. The SMILES string of the molecule is CCCC(CC(C)C(O)CC)C1CCCCCCC(C)C1. The van der Waals surface area contributed by atoms with E-state index in [-0.39, 0.29) is 6.10 Å². The molecule has 0 aromatic carbocycles. The van der Waals surface area contributed by atoms with E-state index < -0.39 is 0 Å². The van der Waals surface area contributed by atoms with Crippen molar-refractivity contribution in [3.63, 3.8) is 0 Å². The smallest absolute Gasteiger partial charge is 0.0563 e. The van der Waals surface area contributed by atoms with Gasteiger partial charge in [0.2, 0.25) is 0 Å². The summed E-state index contributed by atoms with van der Waals surface area (Å²) < 4.78 is 0.